The zero-order valence-electron chi connectivity index (χ0n) is 20.5. The van der Waals surface area contributed by atoms with Crippen LogP contribution >= 0.6 is 0 Å². The fourth-order valence-corrected chi connectivity index (χ4v) is 3.92. The predicted octanol–water partition coefficient (Wildman–Crippen LogP) is 5.76. The number of nitrogens with zero attached hydrogens (tertiary/aromatic N) is 4. The van der Waals surface area contributed by atoms with E-state index in [-0.39, 0.29) is 23.5 Å². The summed E-state index contributed by atoms with van der Waals surface area (Å²) >= 11 is 0. The van der Waals surface area contributed by atoms with E-state index in [1.54, 1.807) is 54.7 Å². The number of benzene rings is 3. The number of carbonyl (C=O) groups is 3. The minimum atomic E-state index is -1.60. The van der Waals surface area contributed by atoms with Gasteiger partial charge in [-0.05, 0) is 29.8 Å². The van der Waals surface area contributed by atoms with Crippen molar-refractivity contribution in [2.24, 2.45) is 0 Å². The molecular formula is C28H21N5O6. The summed E-state index contributed by atoms with van der Waals surface area (Å²) in [4.78, 5) is 45.6. The van der Waals surface area contributed by atoms with Crippen molar-refractivity contribution in [1.82, 2.24) is 19.9 Å². The monoisotopic (exact) mass is 523 g/mol. The Morgan fingerprint density at radius 2 is 1.69 bits per heavy atom. The summed E-state index contributed by atoms with van der Waals surface area (Å²) in [5.41, 5.74) is 1.99. The fraction of sp³-hybridized carbons (Fsp3) is 0.0357. The number of aromatic nitrogens is 3. The van der Waals surface area contributed by atoms with E-state index in [2.05, 4.69) is 15.3 Å². The van der Waals surface area contributed by atoms with Crippen molar-refractivity contribution in [3.63, 3.8) is 0 Å². The van der Waals surface area contributed by atoms with Crippen LogP contribution in [0.5, 0.6) is 17.4 Å². The zero-order valence-corrected chi connectivity index (χ0v) is 20.5. The number of fused-ring (bicyclic) bond motifs is 1. The molecule has 2 aromatic heterocycles. The average Bonchev–Trinajstić information content (AvgIpc) is 3.37. The first kappa shape index (κ1) is 25.0. The Balaban J connectivity index is 1.41. The Kier molecular flexibility index (Phi) is 6.86. The van der Waals surface area contributed by atoms with Crippen molar-refractivity contribution in [1.29, 1.82) is 0 Å². The van der Waals surface area contributed by atoms with Crippen LogP contribution in [-0.2, 0) is 0 Å². The van der Waals surface area contributed by atoms with E-state index in [4.69, 9.17) is 9.47 Å². The number of carbonyl (C=O) groups excluding carboxylic acids is 2. The molecule has 0 aliphatic rings. The Morgan fingerprint density at radius 1 is 0.923 bits per heavy atom. The quantitative estimate of drug-likeness (QED) is 0.297. The molecule has 2 heterocycles. The van der Waals surface area contributed by atoms with E-state index < -0.39 is 12.2 Å². The van der Waals surface area contributed by atoms with Gasteiger partial charge in [-0.2, -0.15) is 4.90 Å². The number of para-hydroxylation sites is 1. The summed E-state index contributed by atoms with van der Waals surface area (Å²) in [6.07, 6.45) is -0.0908. The summed E-state index contributed by atoms with van der Waals surface area (Å²) < 4.78 is 12.7. The molecule has 39 heavy (non-hydrogen) atoms. The van der Waals surface area contributed by atoms with Crippen LogP contribution in [-0.4, -0.2) is 44.9 Å². The molecule has 0 atom stereocenters. The van der Waals surface area contributed by atoms with Gasteiger partial charge in [-0.15, -0.1) is 0 Å². The van der Waals surface area contributed by atoms with E-state index in [9.17, 15) is 19.5 Å². The first-order valence-corrected chi connectivity index (χ1v) is 11.7. The van der Waals surface area contributed by atoms with Gasteiger partial charge in [-0.25, -0.2) is 24.4 Å². The highest BCUT2D eigenvalue weighted by Crippen LogP contribution is 2.31. The lowest BCUT2D eigenvalue weighted by Gasteiger charge is -2.17. The third-order valence-electron chi connectivity index (χ3n) is 5.72. The molecule has 194 valence electrons. The molecule has 0 spiro atoms. The molecule has 11 nitrogen and oxygen atoms in total. The van der Waals surface area contributed by atoms with Gasteiger partial charge >= 0.3 is 18.2 Å². The SMILES string of the molecule is CNC(=O)n1ccc2ccc(Oc3cc(N(C(=O)O)C(=O)Oc4ccccc4-c4ccccc4)ncn3)cc21. The van der Waals surface area contributed by atoms with E-state index >= 15 is 0 Å². The Morgan fingerprint density at radius 3 is 2.46 bits per heavy atom. The molecule has 3 amide bonds. The number of rotatable bonds is 5. The lowest BCUT2D eigenvalue weighted by atomic mass is 10.1. The minimum Gasteiger partial charge on any atom is -0.464 e. The molecule has 5 rings (SSSR count). The highest BCUT2D eigenvalue weighted by molar-refractivity contribution is 6.08. The van der Waals surface area contributed by atoms with Crippen molar-refractivity contribution in [2.45, 2.75) is 0 Å². The zero-order chi connectivity index (χ0) is 27.4. The standard InChI is InChI=1S/C28H21N5O6/c1-29-26(34)32-14-13-19-11-12-20(15-22(19)32)38-25-16-24(30-17-31-25)33(27(35)36)28(37)39-23-10-6-5-9-21(23)18-7-3-2-4-8-18/h2-17H,1H3,(H,29,34)(H,35,36). The number of anilines is 1. The van der Waals surface area contributed by atoms with Crippen molar-refractivity contribution < 1.29 is 29.0 Å². The van der Waals surface area contributed by atoms with Gasteiger partial charge < -0.3 is 19.9 Å². The van der Waals surface area contributed by atoms with Gasteiger partial charge in [-0.1, -0.05) is 48.5 Å². The molecule has 5 aromatic rings. The molecule has 0 radical (unpaired) electrons. The first-order chi connectivity index (χ1) is 18.9. The number of carboxylic acid groups (broad SMARTS) is 1. The van der Waals surface area contributed by atoms with Crippen molar-refractivity contribution >= 4 is 34.9 Å². The molecule has 0 unspecified atom stereocenters. The molecule has 0 saturated heterocycles. The van der Waals surface area contributed by atoms with Gasteiger partial charge in [0.1, 0.15) is 17.8 Å². The molecule has 0 fully saturated rings. The summed E-state index contributed by atoms with van der Waals surface area (Å²) in [6.45, 7) is 0. The molecule has 0 aliphatic heterocycles. The molecule has 0 saturated carbocycles. The van der Waals surface area contributed by atoms with Gasteiger partial charge in [0.25, 0.3) is 0 Å². The van der Waals surface area contributed by atoms with E-state index in [1.165, 1.54) is 17.7 Å². The largest absolute Gasteiger partial charge is 0.464 e. The lowest BCUT2D eigenvalue weighted by molar-refractivity contribution is 0.187. The van der Waals surface area contributed by atoms with Crippen LogP contribution < -0.4 is 19.7 Å². The topological polar surface area (TPSA) is 136 Å². The van der Waals surface area contributed by atoms with Crippen LogP contribution in [0.2, 0.25) is 0 Å². The number of hydrogen-bond donors (Lipinski definition) is 2. The highest BCUT2D eigenvalue weighted by Gasteiger charge is 2.28. The molecule has 0 bridgehead atoms. The van der Waals surface area contributed by atoms with Crippen LogP contribution in [0.15, 0.2) is 97.5 Å². The average molecular weight is 524 g/mol. The van der Waals surface area contributed by atoms with Crippen LogP contribution in [0.3, 0.4) is 0 Å². The van der Waals surface area contributed by atoms with Crippen molar-refractivity contribution in [3.05, 3.63) is 97.5 Å². The maximum absolute atomic E-state index is 13.0. The van der Waals surface area contributed by atoms with Crippen LogP contribution in [0.25, 0.3) is 22.0 Å². The molecule has 3 aromatic carbocycles. The number of hydrogen-bond acceptors (Lipinski definition) is 7. The van der Waals surface area contributed by atoms with Crippen LogP contribution in [0.1, 0.15) is 0 Å². The predicted molar refractivity (Wildman–Crippen MR) is 142 cm³/mol. The number of imide groups is 1. The molecular weight excluding hydrogens is 502 g/mol. The van der Waals surface area contributed by atoms with E-state index in [0.717, 1.165) is 17.3 Å². The van der Waals surface area contributed by atoms with Gasteiger partial charge in [-0.3, -0.25) is 4.57 Å². The smallest absolute Gasteiger partial charge is 0.430 e. The second-order valence-corrected chi connectivity index (χ2v) is 8.13. The summed E-state index contributed by atoms with van der Waals surface area (Å²) in [5, 5.41) is 13.2. The lowest BCUT2D eigenvalue weighted by Crippen LogP contribution is -2.38. The van der Waals surface area contributed by atoms with Gasteiger partial charge in [0.15, 0.2) is 5.82 Å². The second-order valence-electron chi connectivity index (χ2n) is 8.13. The van der Waals surface area contributed by atoms with Gasteiger partial charge in [0.05, 0.1) is 5.52 Å². The molecule has 11 heteroatoms. The number of ether oxygens (including phenoxy) is 2. The Labute approximate surface area is 221 Å². The minimum absolute atomic E-state index is 0.0267. The second kappa shape index (κ2) is 10.7. The van der Waals surface area contributed by atoms with Gasteiger partial charge in [0.2, 0.25) is 5.88 Å². The Hall–Kier alpha value is -5.71. The maximum Gasteiger partial charge on any atom is 0.430 e. The van der Waals surface area contributed by atoms with Crippen LogP contribution in [0, 0.1) is 0 Å². The van der Waals surface area contributed by atoms with Gasteiger partial charge in [0, 0.05) is 36.3 Å². The van der Waals surface area contributed by atoms with Crippen molar-refractivity contribution in [3.8, 4) is 28.5 Å². The third-order valence-corrected chi connectivity index (χ3v) is 5.72. The maximum atomic E-state index is 13.0. The van der Waals surface area contributed by atoms with E-state index in [0.29, 0.717) is 21.7 Å². The summed E-state index contributed by atoms with van der Waals surface area (Å²) in [5.74, 6) is 0.209. The normalized spacial score (nSPS) is 10.6. The third kappa shape index (κ3) is 5.23. The molecule has 0 aliphatic carbocycles. The summed E-state index contributed by atoms with van der Waals surface area (Å²) in [6, 6.07) is 23.7. The van der Waals surface area contributed by atoms with Crippen LogP contribution in [0.4, 0.5) is 20.2 Å². The Bertz CT molecular complexity index is 1680. The summed E-state index contributed by atoms with van der Waals surface area (Å²) in [7, 11) is 1.52. The highest BCUT2D eigenvalue weighted by atomic mass is 16.6. The molecule has 2 N–H and O–H groups in total. The number of nitrogens with one attached hydrogen (secondary N) is 1. The van der Waals surface area contributed by atoms with Crippen molar-refractivity contribution in [2.75, 3.05) is 11.9 Å². The first-order valence-electron chi connectivity index (χ1n) is 11.7. The fourth-order valence-electron chi connectivity index (χ4n) is 3.92. The number of amides is 3. The van der Waals surface area contributed by atoms with E-state index in [1.807, 2.05) is 30.3 Å².